The Morgan fingerprint density at radius 2 is 1.79 bits per heavy atom. The van der Waals surface area contributed by atoms with Gasteiger partial charge in [0.1, 0.15) is 0 Å². The highest BCUT2D eigenvalue weighted by Crippen LogP contribution is 2.28. The Kier molecular flexibility index (Phi) is 5.58. The minimum absolute atomic E-state index is 0.0146. The number of likely N-dealkylation sites (tertiary alicyclic amines) is 1. The van der Waals surface area contributed by atoms with Crippen LogP contribution in [0.15, 0.2) is 54.7 Å². The van der Waals surface area contributed by atoms with Gasteiger partial charge in [0.15, 0.2) is 0 Å². The summed E-state index contributed by atoms with van der Waals surface area (Å²) in [5.41, 5.74) is 2.54. The maximum absolute atomic E-state index is 13.1. The zero-order valence-corrected chi connectivity index (χ0v) is 18.6. The fourth-order valence-corrected chi connectivity index (χ4v) is 4.82. The number of hydrogen-bond acceptors (Lipinski definition) is 4. The van der Waals surface area contributed by atoms with Crippen LogP contribution in [0, 0.1) is 11.8 Å². The molecule has 0 radical (unpaired) electrons. The third-order valence-corrected chi connectivity index (χ3v) is 6.74. The van der Waals surface area contributed by atoms with Gasteiger partial charge in [-0.1, -0.05) is 18.2 Å². The van der Waals surface area contributed by atoms with Crippen molar-refractivity contribution in [1.82, 2.24) is 14.7 Å². The van der Waals surface area contributed by atoms with Crippen molar-refractivity contribution in [2.24, 2.45) is 18.9 Å². The molecule has 170 valence electrons. The first-order valence-corrected chi connectivity index (χ1v) is 11.4. The van der Waals surface area contributed by atoms with Gasteiger partial charge in [0, 0.05) is 55.8 Å². The molecule has 3 aromatic rings. The van der Waals surface area contributed by atoms with Crippen LogP contribution in [0.5, 0.6) is 0 Å². The van der Waals surface area contributed by atoms with Crippen LogP contribution in [0.1, 0.15) is 19.3 Å². The number of para-hydroxylation sites is 1. The van der Waals surface area contributed by atoms with Crippen LogP contribution in [-0.2, 0) is 21.4 Å². The number of piperidine rings is 1. The van der Waals surface area contributed by atoms with Crippen LogP contribution in [0.4, 0.5) is 11.4 Å². The molecule has 1 aromatic heterocycles. The first-order chi connectivity index (χ1) is 16.0. The highest BCUT2D eigenvalue weighted by atomic mass is 16.2. The molecule has 2 fully saturated rings. The largest absolute Gasteiger partial charge is 0.342 e. The number of nitrogens with zero attached hydrogens (tertiary/aromatic N) is 4. The summed E-state index contributed by atoms with van der Waals surface area (Å²) in [5, 5.41) is 8.27. The second kappa shape index (κ2) is 8.69. The molecule has 33 heavy (non-hydrogen) atoms. The predicted octanol–water partition coefficient (Wildman–Crippen LogP) is 2.80. The Balaban J connectivity index is 1.16. The monoisotopic (exact) mass is 445 g/mol. The van der Waals surface area contributed by atoms with E-state index in [1.165, 1.54) is 0 Å². The molecule has 0 aliphatic carbocycles. The zero-order valence-electron chi connectivity index (χ0n) is 18.6. The van der Waals surface area contributed by atoms with E-state index in [-0.39, 0.29) is 36.0 Å². The molecule has 0 saturated carbocycles. The highest BCUT2D eigenvalue weighted by molar-refractivity contribution is 6.00. The second-order valence-electron chi connectivity index (χ2n) is 8.87. The number of aryl methyl sites for hydroxylation is 1. The van der Waals surface area contributed by atoms with E-state index in [0.29, 0.717) is 32.5 Å². The first kappa shape index (κ1) is 21.2. The number of hydrogen-bond donors (Lipinski definition) is 1. The first-order valence-electron chi connectivity index (χ1n) is 11.4. The van der Waals surface area contributed by atoms with E-state index in [2.05, 4.69) is 10.4 Å². The molecule has 2 aliphatic heterocycles. The molecule has 0 spiro atoms. The fourth-order valence-electron chi connectivity index (χ4n) is 4.82. The van der Waals surface area contributed by atoms with Crippen LogP contribution < -0.4 is 10.2 Å². The van der Waals surface area contributed by atoms with Gasteiger partial charge in [-0.3, -0.25) is 19.1 Å². The third kappa shape index (κ3) is 4.20. The maximum Gasteiger partial charge on any atom is 0.228 e. The van der Waals surface area contributed by atoms with E-state index in [0.717, 1.165) is 22.3 Å². The maximum atomic E-state index is 13.1. The van der Waals surface area contributed by atoms with E-state index in [1.807, 2.05) is 60.5 Å². The minimum atomic E-state index is -0.325. The Labute approximate surface area is 192 Å². The molecular formula is C25H27N5O3. The van der Waals surface area contributed by atoms with Crippen molar-refractivity contribution in [2.75, 3.05) is 29.9 Å². The second-order valence-corrected chi connectivity index (χ2v) is 8.87. The molecule has 8 nitrogen and oxygen atoms in total. The number of carbonyl (C=O) groups excluding carboxylic acids is 3. The molecule has 1 unspecified atom stereocenters. The van der Waals surface area contributed by atoms with Crippen LogP contribution in [0.3, 0.4) is 0 Å². The van der Waals surface area contributed by atoms with E-state index >= 15 is 0 Å². The Morgan fingerprint density at radius 3 is 2.55 bits per heavy atom. The number of amides is 3. The summed E-state index contributed by atoms with van der Waals surface area (Å²) < 4.78 is 1.78. The van der Waals surface area contributed by atoms with Gasteiger partial charge in [0.05, 0.1) is 17.6 Å². The number of benzene rings is 2. The molecule has 8 heteroatoms. The predicted molar refractivity (Wildman–Crippen MR) is 126 cm³/mol. The smallest absolute Gasteiger partial charge is 0.228 e. The highest BCUT2D eigenvalue weighted by Gasteiger charge is 2.38. The van der Waals surface area contributed by atoms with E-state index < -0.39 is 0 Å². The summed E-state index contributed by atoms with van der Waals surface area (Å²) in [6.45, 7) is 1.49. The molecule has 1 atom stereocenters. The fraction of sp³-hybridized carbons (Fsp3) is 0.360. The number of rotatable bonds is 4. The Hall–Kier alpha value is -3.68. The third-order valence-electron chi connectivity index (χ3n) is 6.74. The summed E-state index contributed by atoms with van der Waals surface area (Å²) in [6, 6.07) is 15.2. The number of carbonyl (C=O) groups is 3. The average Bonchev–Trinajstić information content (AvgIpc) is 3.42. The van der Waals surface area contributed by atoms with Gasteiger partial charge in [0.2, 0.25) is 17.7 Å². The summed E-state index contributed by atoms with van der Waals surface area (Å²) in [4.78, 5) is 41.9. The van der Waals surface area contributed by atoms with Crippen molar-refractivity contribution in [2.45, 2.75) is 19.3 Å². The number of fused-ring (bicyclic) bond motifs is 1. The van der Waals surface area contributed by atoms with E-state index in [4.69, 9.17) is 0 Å². The van der Waals surface area contributed by atoms with Gasteiger partial charge < -0.3 is 15.1 Å². The lowest BCUT2D eigenvalue weighted by molar-refractivity contribution is -0.138. The normalized spacial score (nSPS) is 19.3. The van der Waals surface area contributed by atoms with Gasteiger partial charge in [-0.15, -0.1) is 0 Å². The van der Waals surface area contributed by atoms with Crippen LogP contribution in [0.2, 0.25) is 0 Å². The Morgan fingerprint density at radius 1 is 1.03 bits per heavy atom. The summed E-state index contributed by atoms with van der Waals surface area (Å²) in [5.74, 6) is -0.479. The molecule has 1 N–H and O–H groups in total. The molecule has 3 amide bonds. The van der Waals surface area contributed by atoms with Crippen LogP contribution >= 0.6 is 0 Å². The molecule has 2 aliphatic rings. The molecule has 0 bridgehead atoms. The van der Waals surface area contributed by atoms with Crippen molar-refractivity contribution in [3.63, 3.8) is 0 Å². The van der Waals surface area contributed by atoms with Gasteiger partial charge in [-0.05, 0) is 43.2 Å². The average molecular weight is 446 g/mol. The SMILES string of the molecule is Cn1ncc2ccc(NC(=O)C3CCN(C(=O)C4CC(=O)N(c5ccccc5)C4)CC3)cc21. The molecule has 3 heterocycles. The van der Waals surface area contributed by atoms with Crippen molar-refractivity contribution >= 4 is 40.0 Å². The minimum Gasteiger partial charge on any atom is -0.342 e. The lowest BCUT2D eigenvalue weighted by atomic mass is 9.94. The molecular weight excluding hydrogens is 418 g/mol. The quantitative estimate of drug-likeness (QED) is 0.669. The van der Waals surface area contributed by atoms with Crippen molar-refractivity contribution in [3.8, 4) is 0 Å². The zero-order chi connectivity index (χ0) is 22.9. The number of aromatic nitrogens is 2. The number of nitrogens with one attached hydrogen (secondary N) is 1. The van der Waals surface area contributed by atoms with Crippen molar-refractivity contribution in [1.29, 1.82) is 0 Å². The van der Waals surface area contributed by atoms with Crippen molar-refractivity contribution in [3.05, 3.63) is 54.7 Å². The van der Waals surface area contributed by atoms with Gasteiger partial charge >= 0.3 is 0 Å². The standard InChI is InChI=1S/C25H27N5O3/c1-28-22-14-20(8-7-18(22)15-26-28)27-24(32)17-9-11-29(12-10-17)25(33)19-13-23(31)30(16-19)21-5-3-2-4-6-21/h2-8,14-15,17,19H,9-13,16H2,1H3,(H,27,32). The summed E-state index contributed by atoms with van der Waals surface area (Å²) >= 11 is 0. The van der Waals surface area contributed by atoms with E-state index in [1.54, 1.807) is 15.8 Å². The molecule has 2 aromatic carbocycles. The van der Waals surface area contributed by atoms with Crippen molar-refractivity contribution < 1.29 is 14.4 Å². The van der Waals surface area contributed by atoms with E-state index in [9.17, 15) is 14.4 Å². The van der Waals surface area contributed by atoms with Gasteiger partial charge in [-0.2, -0.15) is 5.10 Å². The summed E-state index contributed by atoms with van der Waals surface area (Å²) in [6.07, 6.45) is 3.28. The number of anilines is 2. The Bertz CT molecular complexity index is 1200. The van der Waals surface area contributed by atoms with Crippen LogP contribution in [0.25, 0.3) is 10.9 Å². The summed E-state index contributed by atoms with van der Waals surface area (Å²) in [7, 11) is 1.87. The lowest BCUT2D eigenvalue weighted by Crippen LogP contribution is -2.44. The lowest BCUT2D eigenvalue weighted by Gasteiger charge is -2.33. The van der Waals surface area contributed by atoms with Gasteiger partial charge in [0.25, 0.3) is 0 Å². The molecule has 5 rings (SSSR count). The topological polar surface area (TPSA) is 87.5 Å². The van der Waals surface area contributed by atoms with Gasteiger partial charge in [-0.25, -0.2) is 0 Å². The molecule has 2 saturated heterocycles. The van der Waals surface area contributed by atoms with Crippen LogP contribution in [-0.4, -0.2) is 52.0 Å².